The molecular weight excluding hydrogens is 238 g/mol. The average molecular weight is 257 g/mol. The molecule has 0 aliphatic heterocycles. The second kappa shape index (κ2) is 5.26. The minimum absolute atomic E-state index is 0.148. The Morgan fingerprint density at radius 3 is 2.53 bits per heavy atom. The molecule has 0 aliphatic carbocycles. The number of rotatable bonds is 3. The molecular formula is C15H19N3O. The number of benzene rings is 1. The first-order chi connectivity index (χ1) is 8.95. The number of hydrogen-bond donors (Lipinski definition) is 2. The maximum atomic E-state index is 11.4. The zero-order valence-corrected chi connectivity index (χ0v) is 11.7. The van der Waals surface area contributed by atoms with Gasteiger partial charge in [-0.15, -0.1) is 0 Å². The van der Waals surface area contributed by atoms with Crippen LogP contribution in [0.15, 0.2) is 29.1 Å². The minimum atomic E-state index is -0.148. The third-order valence-corrected chi connectivity index (χ3v) is 3.02. The molecule has 1 heterocycles. The Hall–Kier alpha value is -2.10. The van der Waals surface area contributed by atoms with Gasteiger partial charge in [-0.1, -0.05) is 19.9 Å². The Morgan fingerprint density at radius 2 is 1.95 bits per heavy atom. The van der Waals surface area contributed by atoms with E-state index in [0.717, 1.165) is 5.69 Å². The van der Waals surface area contributed by atoms with Gasteiger partial charge in [0.1, 0.15) is 0 Å². The van der Waals surface area contributed by atoms with E-state index in [1.165, 1.54) is 17.2 Å². The molecule has 0 fully saturated rings. The monoisotopic (exact) mass is 257 g/mol. The Kier molecular flexibility index (Phi) is 3.69. The minimum Gasteiger partial charge on any atom is -0.326 e. The highest BCUT2D eigenvalue weighted by molar-refractivity contribution is 5.56. The molecule has 4 heteroatoms. The van der Waals surface area contributed by atoms with Gasteiger partial charge in [0.2, 0.25) is 5.95 Å². The lowest BCUT2D eigenvalue weighted by Crippen LogP contribution is -2.10. The molecule has 0 bridgehead atoms. The zero-order valence-electron chi connectivity index (χ0n) is 11.7. The Balaban J connectivity index is 2.29. The second-order valence-corrected chi connectivity index (χ2v) is 5.09. The fraction of sp³-hybridized carbons (Fsp3) is 0.333. The number of H-pyrrole nitrogens is 1. The summed E-state index contributed by atoms with van der Waals surface area (Å²) in [6.45, 7) is 8.24. The van der Waals surface area contributed by atoms with Gasteiger partial charge in [0.15, 0.2) is 0 Å². The third-order valence-electron chi connectivity index (χ3n) is 3.02. The van der Waals surface area contributed by atoms with Crippen molar-refractivity contribution in [3.8, 4) is 0 Å². The zero-order chi connectivity index (χ0) is 14.0. The van der Waals surface area contributed by atoms with Crippen LogP contribution in [-0.2, 0) is 0 Å². The highest BCUT2D eigenvalue weighted by Crippen LogP contribution is 2.23. The Labute approximate surface area is 112 Å². The van der Waals surface area contributed by atoms with Crippen molar-refractivity contribution in [2.45, 2.75) is 33.6 Å². The molecule has 0 unspecified atom stereocenters. The summed E-state index contributed by atoms with van der Waals surface area (Å²) in [6.07, 6.45) is 0. The van der Waals surface area contributed by atoms with Gasteiger partial charge in [-0.25, -0.2) is 4.98 Å². The van der Waals surface area contributed by atoms with Gasteiger partial charge in [-0.2, -0.15) is 0 Å². The SMILES string of the molecule is Cc1cc(=O)[nH]c(Nc2ccc(C(C)C)c(C)c2)n1. The second-order valence-electron chi connectivity index (χ2n) is 5.09. The maximum absolute atomic E-state index is 11.4. The van der Waals surface area contributed by atoms with Crippen LogP contribution in [0.4, 0.5) is 11.6 Å². The van der Waals surface area contributed by atoms with Gasteiger partial charge in [0.25, 0.3) is 5.56 Å². The van der Waals surface area contributed by atoms with Crippen LogP contribution < -0.4 is 10.9 Å². The van der Waals surface area contributed by atoms with E-state index in [1.807, 2.05) is 6.07 Å². The molecule has 0 saturated heterocycles. The van der Waals surface area contributed by atoms with Crippen LogP contribution in [0.25, 0.3) is 0 Å². The van der Waals surface area contributed by atoms with E-state index in [9.17, 15) is 4.79 Å². The van der Waals surface area contributed by atoms with Gasteiger partial charge in [-0.3, -0.25) is 9.78 Å². The van der Waals surface area contributed by atoms with Gasteiger partial charge in [0, 0.05) is 17.4 Å². The first-order valence-electron chi connectivity index (χ1n) is 6.41. The van der Waals surface area contributed by atoms with Crippen LogP contribution in [0.3, 0.4) is 0 Å². The van der Waals surface area contributed by atoms with E-state index in [1.54, 1.807) is 6.92 Å². The van der Waals surface area contributed by atoms with E-state index in [-0.39, 0.29) is 5.56 Å². The van der Waals surface area contributed by atoms with E-state index in [0.29, 0.717) is 17.6 Å². The number of nitrogens with one attached hydrogen (secondary N) is 2. The third kappa shape index (κ3) is 3.22. The summed E-state index contributed by atoms with van der Waals surface area (Å²) < 4.78 is 0. The highest BCUT2D eigenvalue weighted by Gasteiger charge is 2.05. The number of anilines is 2. The van der Waals surface area contributed by atoms with Gasteiger partial charge >= 0.3 is 0 Å². The van der Waals surface area contributed by atoms with Gasteiger partial charge in [0.05, 0.1) is 0 Å². The summed E-state index contributed by atoms with van der Waals surface area (Å²) in [6, 6.07) is 7.65. The molecule has 2 rings (SSSR count). The van der Waals surface area contributed by atoms with E-state index < -0.39 is 0 Å². The topological polar surface area (TPSA) is 57.8 Å². The van der Waals surface area contributed by atoms with Crippen molar-refractivity contribution in [3.63, 3.8) is 0 Å². The number of aromatic nitrogens is 2. The molecule has 1 aromatic heterocycles. The summed E-state index contributed by atoms with van der Waals surface area (Å²) >= 11 is 0. The van der Waals surface area contributed by atoms with Crippen molar-refractivity contribution >= 4 is 11.6 Å². The van der Waals surface area contributed by atoms with E-state index in [4.69, 9.17) is 0 Å². The van der Waals surface area contributed by atoms with Crippen molar-refractivity contribution in [2.75, 3.05) is 5.32 Å². The number of aryl methyl sites for hydroxylation is 2. The summed E-state index contributed by atoms with van der Waals surface area (Å²) in [5, 5.41) is 3.13. The van der Waals surface area contributed by atoms with Gasteiger partial charge < -0.3 is 5.32 Å². The molecule has 0 saturated carbocycles. The Morgan fingerprint density at radius 1 is 1.21 bits per heavy atom. The predicted molar refractivity (Wildman–Crippen MR) is 78.1 cm³/mol. The number of aromatic amines is 1. The van der Waals surface area contributed by atoms with Crippen molar-refractivity contribution in [1.82, 2.24) is 9.97 Å². The van der Waals surface area contributed by atoms with Crippen LogP contribution in [-0.4, -0.2) is 9.97 Å². The lowest BCUT2D eigenvalue weighted by Gasteiger charge is -2.12. The first-order valence-corrected chi connectivity index (χ1v) is 6.41. The first kappa shape index (κ1) is 13.3. The fourth-order valence-electron chi connectivity index (χ4n) is 2.18. The molecule has 0 spiro atoms. The number of hydrogen-bond acceptors (Lipinski definition) is 3. The van der Waals surface area contributed by atoms with Gasteiger partial charge in [-0.05, 0) is 43.0 Å². The van der Waals surface area contributed by atoms with E-state index >= 15 is 0 Å². The van der Waals surface area contributed by atoms with Crippen LogP contribution in [0.1, 0.15) is 36.6 Å². The molecule has 1 aromatic carbocycles. The Bertz CT molecular complexity index is 644. The fourth-order valence-corrected chi connectivity index (χ4v) is 2.18. The highest BCUT2D eigenvalue weighted by atomic mass is 16.1. The van der Waals surface area contributed by atoms with Crippen LogP contribution in [0, 0.1) is 13.8 Å². The van der Waals surface area contributed by atoms with Crippen molar-refractivity contribution in [1.29, 1.82) is 0 Å². The lowest BCUT2D eigenvalue weighted by atomic mass is 9.98. The average Bonchev–Trinajstić information content (AvgIpc) is 2.26. The van der Waals surface area contributed by atoms with Crippen LogP contribution in [0.5, 0.6) is 0 Å². The summed E-state index contributed by atoms with van der Waals surface area (Å²) in [4.78, 5) is 18.3. The molecule has 2 aromatic rings. The molecule has 100 valence electrons. The normalized spacial score (nSPS) is 10.8. The molecule has 0 amide bonds. The summed E-state index contributed by atoms with van der Waals surface area (Å²) in [5.74, 6) is 0.979. The molecule has 4 nitrogen and oxygen atoms in total. The molecule has 0 atom stereocenters. The smallest absolute Gasteiger partial charge is 0.252 e. The van der Waals surface area contributed by atoms with E-state index in [2.05, 4.69) is 48.2 Å². The predicted octanol–water partition coefficient (Wildman–Crippen LogP) is 3.25. The standard InChI is InChI=1S/C15H19N3O/c1-9(2)13-6-5-12(7-10(13)3)17-15-16-11(4)8-14(19)18-15/h5-9H,1-4H3,(H2,16,17,18,19). The number of nitrogens with zero attached hydrogens (tertiary/aromatic N) is 1. The molecule has 19 heavy (non-hydrogen) atoms. The maximum Gasteiger partial charge on any atom is 0.252 e. The summed E-state index contributed by atoms with van der Waals surface area (Å²) in [7, 11) is 0. The van der Waals surface area contributed by atoms with Crippen molar-refractivity contribution < 1.29 is 0 Å². The quantitative estimate of drug-likeness (QED) is 0.887. The molecule has 0 aliphatic rings. The molecule has 0 radical (unpaired) electrons. The lowest BCUT2D eigenvalue weighted by molar-refractivity contribution is 0.857. The largest absolute Gasteiger partial charge is 0.326 e. The van der Waals surface area contributed by atoms with Crippen molar-refractivity contribution in [3.05, 3.63) is 51.4 Å². The summed E-state index contributed by atoms with van der Waals surface area (Å²) in [5.41, 5.74) is 4.04. The van der Waals surface area contributed by atoms with Crippen molar-refractivity contribution in [2.24, 2.45) is 0 Å². The van der Waals surface area contributed by atoms with Crippen LogP contribution in [0.2, 0.25) is 0 Å². The molecule has 2 N–H and O–H groups in total. The van der Waals surface area contributed by atoms with Crippen LogP contribution >= 0.6 is 0 Å².